The van der Waals surface area contributed by atoms with Gasteiger partial charge in [-0.25, -0.2) is 4.39 Å². The molecule has 1 N–H and O–H groups in total. The molecule has 1 atom stereocenters. The van der Waals surface area contributed by atoms with Crippen LogP contribution in [-0.4, -0.2) is 28.4 Å². The van der Waals surface area contributed by atoms with Gasteiger partial charge in [0.2, 0.25) is 5.91 Å². The molecule has 0 bridgehead atoms. The van der Waals surface area contributed by atoms with Crippen LogP contribution in [0.3, 0.4) is 0 Å². The predicted molar refractivity (Wildman–Crippen MR) is 88.3 cm³/mol. The molecule has 0 fully saturated rings. The van der Waals surface area contributed by atoms with Crippen LogP contribution in [0, 0.1) is 11.7 Å². The molecule has 0 spiro atoms. The van der Waals surface area contributed by atoms with Crippen LogP contribution >= 0.6 is 11.8 Å². The van der Waals surface area contributed by atoms with Gasteiger partial charge in [-0.3, -0.25) is 4.79 Å². The van der Waals surface area contributed by atoms with Gasteiger partial charge in [-0.1, -0.05) is 37.7 Å². The Morgan fingerprint density at radius 2 is 2.08 bits per heavy atom. The first-order chi connectivity index (χ1) is 11.5. The summed E-state index contributed by atoms with van der Waals surface area (Å²) in [5.74, 6) is 0.375. The second kappa shape index (κ2) is 8.68. The lowest BCUT2D eigenvalue weighted by atomic mass is 10.2. The van der Waals surface area contributed by atoms with E-state index in [0.29, 0.717) is 12.5 Å². The molecule has 0 unspecified atom stereocenters. The molecule has 2 aromatic rings. The fraction of sp³-hybridized carbons (Fsp3) is 0.438. The lowest BCUT2D eigenvalue weighted by Gasteiger charge is -2.11. The van der Waals surface area contributed by atoms with Crippen molar-refractivity contribution in [2.24, 2.45) is 5.92 Å². The summed E-state index contributed by atoms with van der Waals surface area (Å²) in [6.07, 6.45) is -0.599. The van der Waals surface area contributed by atoms with Crippen LogP contribution in [0.2, 0.25) is 0 Å². The smallest absolute Gasteiger partial charge is 0.277 e. The molecule has 0 saturated heterocycles. The van der Waals surface area contributed by atoms with E-state index in [2.05, 4.69) is 15.5 Å². The number of hydrogen-bond acceptors (Lipinski definition) is 6. The molecule has 6 nitrogen and oxygen atoms in total. The summed E-state index contributed by atoms with van der Waals surface area (Å²) in [6.45, 7) is 6.36. The average Bonchev–Trinajstić information content (AvgIpc) is 3.02. The van der Waals surface area contributed by atoms with Gasteiger partial charge < -0.3 is 14.5 Å². The number of aromatic nitrogens is 2. The Hall–Kier alpha value is -2.09. The predicted octanol–water partition coefficient (Wildman–Crippen LogP) is 3.21. The summed E-state index contributed by atoms with van der Waals surface area (Å²) in [7, 11) is 0. The Bertz CT molecular complexity index is 678. The molecule has 8 heteroatoms. The molecular weight excluding hydrogens is 333 g/mol. The quantitative estimate of drug-likeness (QED) is 0.734. The Labute approximate surface area is 144 Å². The minimum atomic E-state index is -0.599. The summed E-state index contributed by atoms with van der Waals surface area (Å²) in [5, 5.41) is 10.8. The van der Waals surface area contributed by atoms with Crippen molar-refractivity contribution >= 4 is 17.7 Å². The highest BCUT2D eigenvalue weighted by atomic mass is 32.2. The second-order valence-electron chi connectivity index (χ2n) is 5.58. The van der Waals surface area contributed by atoms with E-state index < -0.39 is 11.9 Å². The molecular formula is C16H20FN3O3S. The number of amides is 1. The van der Waals surface area contributed by atoms with Crippen molar-refractivity contribution in [1.82, 2.24) is 15.5 Å². The summed E-state index contributed by atoms with van der Waals surface area (Å²) in [4.78, 5) is 11.7. The fourth-order valence-corrected chi connectivity index (χ4v) is 2.32. The molecule has 0 aliphatic carbocycles. The maximum Gasteiger partial charge on any atom is 0.277 e. The van der Waals surface area contributed by atoms with Crippen molar-refractivity contribution in [1.29, 1.82) is 0 Å². The van der Waals surface area contributed by atoms with E-state index >= 15 is 0 Å². The third-order valence-corrected chi connectivity index (χ3v) is 3.76. The summed E-state index contributed by atoms with van der Waals surface area (Å²) in [5.41, 5.74) is 0. The largest absolute Gasteiger partial charge is 0.478 e. The van der Waals surface area contributed by atoms with E-state index in [4.69, 9.17) is 9.15 Å². The first-order valence-corrected chi connectivity index (χ1v) is 8.58. The highest BCUT2D eigenvalue weighted by Crippen LogP contribution is 2.25. The highest BCUT2D eigenvalue weighted by Gasteiger charge is 2.18. The van der Waals surface area contributed by atoms with Crippen LogP contribution in [0.5, 0.6) is 5.75 Å². The van der Waals surface area contributed by atoms with E-state index in [-0.39, 0.29) is 28.5 Å². The molecule has 1 amide bonds. The number of thioether (sulfide) groups is 1. The van der Waals surface area contributed by atoms with Crippen LogP contribution in [0.1, 0.15) is 32.8 Å². The Balaban J connectivity index is 1.86. The summed E-state index contributed by atoms with van der Waals surface area (Å²) < 4.78 is 24.5. The van der Waals surface area contributed by atoms with E-state index in [0.717, 1.165) is 11.8 Å². The molecule has 1 aromatic carbocycles. The number of hydrogen-bond donors (Lipinski definition) is 1. The van der Waals surface area contributed by atoms with Crippen LogP contribution in [0.25, 0.3) is 0 Å². The van der Waals surface area contributed by atoms with Crippen LogP contribution in [0.15, 0.2) is 33.9 Å². The molecule has 0 aliphatic rings. The van der Waals surface area contributed by atoms with E-state index in [1.165, 1.54) is 12.1 Å². The molecule has 24 heavy (non-hydrogen) atoms. The SMILES string of the molecule is CC(C)CNC(=O)CSc1nnc([C@H](C)Oc2ccccc2F)o1. The number of nitrogens with one attached hydrogen (secondary N) is 1. The number of nitrogens with zero attached hydrogens (tertiary/aromatic N) is 2. The number of carbonyl (C=O) groups is 1. The highest BCUT2D eigenvalue weighted by molar-refractivity contribution is 7.99. The molecule has 2 rings (SSSR count). The lowest BCUT2D eigenvalue weighted by Crippen LogP contribution is -2.28. The molecule has 0 radical (unpaired) electrons. The van der Waals surface area contributed by atoms with Gasteiger partial charge in [0.15, 0.2) is 17.7 Å². The Kier molecular flexibility index (Phi) is 6.60. The van der Waals surface area contributed by atoms with Gasteiger partial charge in [0.25, 0.3) is 11.1 Å². The van der Waals surface area contributed by atoms with E-state index in [1.807, 2.05) is 13.8 Å². The van der Waals surface area contributed by atoms with E-state index in [9.17, 15) is 9.18 Å². The topological polar surface area (TPSA) is 77.2 Å². The minimum Gasteiger partial charge on any atom is -0.478 e. The number of ether oxygens (including phenoxy) is 1. The standard InChI is InChI=1S/C16H20FN3O3S/c1-10(2)8-18-14(21)9-24-16-20-19-15(23-16)11(3)22-13-7-5-4-6-12(13)17/h4-7,10-11H,8-9H2,1-3H3,(H,18,21)/t11-/m0/s1. The second-order valence-corrected chi connectivity index (χ2v) is 6.51. The van der Waals surface area contributed by atoms with Gasteiger partial charge in [0.05, 0.1) is 5.75 Å². The number of para-hydroxylation sites is 1. The molecule has 1 heterocycles. The number of halogens is 1. The van der Waals surface area contributed by atoms with Gasteiger partial charge in [-0.15, -0.1) is 10.2 Å². The fourth-order valence-electron chi connectivity index (χ4n) is 1.72. The van der Waals surface area contributed by atoms with Gasteiger partial charge in [0.1, 0.15) is 0 Å². The Morgan fingerprint density at radius 1 is 1.33 bits per heavy atom. The van der Waals surface area contributed by atoms with E-state index in [1.54, 1.807) is 19.1 Å². The van der Waals surface area contributed by atoms with Crippen molar-refractivity contribution in [2.75, 3.05) is 12.3 Å². The van der Waals surface area contributed by atoms with Gasteiger partial charge >= 0.3 is 0 Å². The molecule has 0 saturated carbocycles. The van der Waals surface area contributed by atoms with Gasteiger partial charge in [-0.05, 0) is 25.0 Å². The monoisotopic (exact) mass is 353 g/mol. The third kappa shape index (κ3) is 5.52. The van der Waals surface area contributed by atoms with Crippen LogP contribution in [-0.2, 0) is 4.79 Å². The van der Waals surface area contributed by atoms with Gasteiger partial charge in [-0.2, -0.15) is 0 Å². The normalized spacial score (nSPS) is 12.2. The zero-order valence-electron chi connectivity index (χ0n) is 13.8. The number of benzene rings is 1. The third-order valence-electron chi connectivity index (χ3n) is 2.94. The summed E-state index contributed by atoms with van der Waals surface area (Å²) >= 11 is 1.15. The Morgan fingerprint density at radius 3 is 2.79 bits per heavy atom. The van der Waals surface area contributed by atoms with Crippen molar-refractivity contribution in [2.45, 2.75) is 32.1 Å². The number of carbonyl (C=O) groups excluding carboxylic acids is 1. The maximum absolute atomic E-state index is 13.6. The zero-order chi connectivity index (χ0) is 17.5. The van der Waals surface area contributed by atoms with Crippen molar-refractivity contribution in [3.8, 4) is 5.75 Å². The molecule has 130 valence electrons. The van der Waals surface area contributed by atoms with Crippen molar-refractivity contribution < 1.29 is 18.3 Å². The maximum atomic E-state index is 13.6. The minimum absolute atomic E-state index is 0.0934. The van der Waals surface area contributed by atoms with Crippen LogP contribution in [0.4, 0.5) is 4.39 Å². The first kappa shape index (κ1) is 18.3. The summed E-state index contributed by atoms with van der Waals surface area (Å²) in [6, 6.07) is 6.10. The van der Waals surface area contributed by atoms with Crippen LogP contribution < -0.4 is 10.1 Å². The first-order valence-electron chi connectivity index (χ1n) is 7.59. The number of rotatable bonds is 8. The van der Waals surface area contributed by atoms with Crippen molar-refractivity contribution in [3.63, 3.8) is 0 Å². The zero-order valence-corrected chi connectivity index (χ0v) is 14.6. The molecule has 0 aliphatic heterocycles. The van der Waals surface area contributed by atoms with Crippen molar-refractivity contribution in [3.05, 3.63) is 36.0 Å². The molecule has 1 aromatic heterocycles. The van der Waals surface area contributed by atoms with Gasteiger partial charge in [0, 0.05) is 6.54 Å². The lowest BCUT2D eigenvalue weighted by molar-refractivity contribution is -0.118. The average molecular weight is 353 g/mol.